The van der Waals surface area contributed by atoms with Crippen LogP contribution >= 0.6 is 0 Å². The lowest BCUT2D eigenvalue weighted by molar-refractivity contribution is -0.378. The molecule has 8 aliphatic rings. The van der Waals surface area contributed by atoms with Crippen LogP contribution in [-0.4, -0.2) is 479 Å². The number of aliphatic hydroxyl groups excluding tert-OH is 9. The van der Waals surface area contributed by atoms with Crippen LogP contribution in [0.25, 0.3) is 0 Å². The van der Waals surface area contributed by atoms with Crippen LogP contribution in [0, 0.1) is 0 Å². The van der Waals surface area contributed by atoms with Crippen molar-refractivity contribution in [1.82, 2.24) is 0 Å². The van der Waals surface area contributed by atoms with Gasteiger partial charge in [-0.05, 0) is 25.8 Å². The fourth-order valence-corrected chi connectivity index (χ4v) is 16.9. The molecule has 0 radical (unpaired) electrons. The first-order valence-electron chi connectivity index (χ1n) is 36.4. The van der Waals surface area contributed by atoms with Gasteiger partial charge in [0, 0.05) is 6.61 Å². The number of carboxylic acid groups (broad SMARTS) is 4. The first kappa shape index (κ1) is 112. The zero-order valence-electron chi connectivity index (χ0n) is 65.0. The van der Waals surface area contributed by atoms with Gasteiger partial charge in [-0.15, -0.1) is 0 Å². The average molecular weight is 2090 g/mol. The largest absolute Gasteiger partial charge is 0.479 e. The first-order chi connectivity index (χ1) is 60.1. The lowest BCUT2D eigenvalue weighted by Crippen LogP contribution is -2.71. The Kier molecular flexibility index (Phi) is 38.3. The molecule has 0 aromatic carbocycles. The molecule has 0 aliphatic carbocycles. The third kappa shape index (κ3) is 30.6. The molecule has 8 heterocycles. The summed E-state index contributed by atoms with van der Waals surface area (Å²) in [6.07, 6.45) is -98.6. The van der Waals surface area contributed by atoms with E-state index in [9.17, 15) is 185 Å². The van der Waals surface area contributed by atoms with Gasteiger partial charge in [-0.2, -0.15) is 67.3 Å². The van der Waals surface area contributed by atoms with Crippen molar-refractivity contribution in [3.05, 3.63) is 0 Å². The van der Waals surface area contributed by atoms with Crippen LogP contribution in [0.15, 0.2) is 0 Å². The molecule has 40 atom stereocenters. The molecule has 764 valence electrons. The summed E-state index contributed by atoms with van der Waals surface area (Å²) in [5.41, 5.74) is 30.0. The molecule has 0 aromatic rings. The molecule has 70 nitrogen and oxygen atoms in total. The third-order valence-electron chi connectivity index (χ3n) is 19.6. The molecule has 31 N–H and O–H groups in total. The molecule has 8 saturated heterocycles. The van der Waals surface area contributed by atoms with Crippen LogP contribution in [0.5, 0.6) is 0 Å². The van der Waals surface area contributed by atoms with E-state index >= 15 is 0 Å². The Hall–Kier alpha value is -4.36. The second-order valence-corrected chi connectivity index (χ2v) is 37.2. The molecule has 8 rings (SSSR count). The first-order valence-corrected chi connectivity index (χ1v) is 47.3. The van der Waals surface area contributed by atoms with Gasteiger partial charge in [0.2, 0.25) is 0 Å². The topological polar surface area (TPSA) is 1120 Å². The number of nitrogens with two attached hydrogens (primary N) is 5. The van der Waals surface area contributed by atoms with Crippen LogP contribution in [0.2, 0.25) is 0 Å². The molecular formula is C53H89N5O65S8. The Bertz CT molecular complexity index is 4850. The van der Waals surface area contributed by atoms with Crippen molar-refractivity contribution in [2.24, 2.45) is 28.7 Å². The quantitative estimate of drug-likeness (QED) is 0.0199. The number of carbonyl (C=O) groups is 4. The summed E-state index contributed by atoms with van der Waals surface area (Å²) >= 11 is 0. The van der Waals surface area contributed by atoms with E-state index in [-0.39, 0.29) is 19.6 Å². The number of hydrogen-bond donors (Lipinski definition) is 26. The van der Waals surface area contributed by atoms with Gasteiger partial charge in [-0.3, -0.25) is 36.4 Å². The van der Waals surface area contributed by atoms with E-state index in [1.165, 1.54) is 0 Å². The van der Waals surface area contributed by atoms with Gasteiger partial charge in [-0.1, -0.05) is 0 Å². The summed E-state index contributed by atoms with van der Waals surface area (Å²) in [5.74, 6) is -9.21. The number of aliphatic hydroxyl groups is 9. The van der Waals surface area contributed by atoms with Crippen molar-refractivity contribution in [3.63, 3.8) is 0 Å². The molecule has 8 fully saturated rings. The lowest BCUT2D eigenvalue weighted by atomic mass is 9.94. The van der Waals surface area contributed by atoms with Crippen molar-refractivity contribution < 1.29 is 299 Å². The summed E-state index contributed by atoms with van der Waals surface area (Å²) in [6.45, 7) is -6.90. The number of ether oxygens (including phenoxy) is 16. The third-order valence-corrected chi connectivity index (χ3v) is 23.2. The number of aliphatic carboxylic acids is 4. The molecule has 0 amide bonds. The highest BCUT2D eigenvalue weighted by molar-refractivity contribution is 7.82. The Morgan fingerprint density at radius 1 is 0.252 bits per heavy atom. The molecule has 0 saturated carbocycles. The standard InChI is InChI=1S/C53H89N5O65S8/c54-4-2-1-3-5-100-50-34(120-128(88,89)90)23(64)30(38(116-50)42(68)69)113-47-15(56)20(61)27(11(106-47)7-102-125(79,80)81)110-52-36(122-130(94,95)96)25(66)32(40(118-52)44(72)73)115-49-17(58)22(63)29(13(108-49)9-104-127(85,86)87)111-53-37(123-131(97,98)99)26(67)33(41(119-53)45(74)75)114-48-16(57)21(62)28(12(107-48)8-103-126(82,83)84)109-51-35(121-129(91,92)93)24(65)31(39(117-51)43(70)71)112-46-14(55)19(60)18(59)10(105-46)6-101-124(76,77)78/h10-41,46-53,59-67H,1-9,54-58H2,(H,68,69)(H,70,71)(H,72,73)(H,74,75)(H,76,77,78)(H,79,80,81)(H,82,83,84)(H,85,86,87)(H,88,89,90)(H,91,92,93)(H,94,95,96)(H,97,98,99)/t10-,11-,12-,13-,14-,15-,16-,17-,18-,19-,20-,21-,22-,23+,24+,25+,26+,27-,28-,29-,30+,31+,32+,33+,34-,35-,36-,37-,38+,39-,40-,41+,46-,47-,48-,49-,50-,51-,52-,53-/m1/s1. The zero-order chi connectivity index (χ0) is 98.7. The lowest BCUT2D eigenvalue weighted by Gasteiger charge is -2.50. The van der Waals surface area contributed by atoms with Gasteiger partial charge in [0.15, 0.2) is 99.2 Å². The Morgan fingerprint density at radius 2 is 0.473 bits per heavy atom. The Morgan fingerprint density at radius 3 is 0.710 bits per heavy atom. The summed E-state index contributed by atoms with van der Waals surface area (Å²) in [7, 11) is -46.8. The van der Waals surface area contributed by atoms with E-state index in [0.29, 0.717) is 12.8 Å². The molecular weight excluding hydrogens is 2000 g/mol. The summed E-state index contributed by atoms with van der Waals surface area (Å²) in [6, 6.07) is -9.63. The van der Waals surface area contributed by atoms with Gasteiger partial charge in [0.25, 0.3) is 0 Å². The van der Waals surface area contributed by atoms with Gasteiger partial charge in [0.05, 0.1) is 50.6 Å². The number of unbranched alkanes of at least 4 members (excludes halogenated alkanes) is 2. The van der Waals surface area contributed by atoms with E-state index in [2.05, 4.69) is 33.5 Å². The van der Waals surface area contributed by atoms with Gasteiger partial charge >= 0.3 is 107 Å². The molecule has 0 unspecified atom stereocenters. The zero-order valence-corrected chi connectivity index (χ0v) is 71.5. The maximum atomic E-state index is 13.3. The normalized spacial score (nSPS) is 41.1. The monoisotopic (exact) mass is 2090 g/mol. The van der Waals surface area contributed by atoms with Crippen molar-refractivity contribution in [3.8, 4) is 0 Å². The summed E-state index contributed by atoms with van der Waals surface area (Å²) in [5, 5.41) is 146. The maximum Gasteiger partial charge on any atom is 0.397 e. The highest BCUT2D eigenvalue weighted by Crippen LogP contribution is 2.42. The highest BCUT2D eigenvalue weighted by Gasteiger charge is 2.64. The van der Waals surface area contributed by atoms with E-state index in [1.54, 1.807) is 0 Å². The second-order valence-electron chi connectivity index (χ2n) is 28.7. The predicted molar refractivity (Wildman–Crippen MR) is 384 cm³/mol. The van der Waals surface area contributed by atoms with E-state index < -0.39 is 379 Å². The number of rotatable bonds is 44. The minimum atomic E-state index is -6.22. The van der Waals surface area contributed by atoms with E-state index in [0.717, 1.165) is 0 Å². The van der Waals surface area contributed by atoms with Crippen LogP contribution in [-0.2, 0) is 212 Å². The molecule has 8 aliphatic heterocycles. The summed E-state index contributed by atoms with van der Waals surface area (Å²) in [4.78, 5) is 52.0. The molecule has 78 heteroatoms. The molecule has 0 bridgehead atoms. The maximum absolute atomic E-state index is 13.3. The van der Waals surface area contributed by atoms with Gasteiger partial charge in [0.1, 0.15) is 122 Å². The van der Waals surface area contributed by atoms with Crippen molar-refractivity contribution in [2.75, 3.05) is 39.6 Å². The van der Waals surface area contributed by atoms with Crippen LogP contribution in [0.4, 0.5) is 0 Å². The predicted octanol–water partition coefficient (Wildman–Crippen LogP) is -18.4. The van der Waals surface area contributed by atoms with E-state index in [1.807, 2.05) is 0 Å². The van der Waals surface area contributed by atoms with Crippen molar-refractivity contribution >= 4 is 107 Å². The number of carboxylic acids is 4. The molecule has 0 spiro atoms. The fraction of sp³-hybridized carbons (Fsp3) is 0.925. The Labute approximate surface area is 735 Å². The van der Waals surface area contributed by atoms with E-state index in [4.69, 9.17) is 109 Å². The molecule has 0 aromatic heterocycles. The van der Waals surface area contributed by atoms with Gasteiger partial charge in [-0.25, -0.2) is 52.6 Å². The number of hydrogen-bond acceptors (Lipinski definition) is 58. The van der Waals surface area contributed by atoms with Gasteiger partial charge < -0.3 is 171 Å². The molecule has 131 heavy (non-hydrogen) atoms. The Balaban J connectivity index is 1.05. The minimum Gasteiger partial charge on any atom is -0.479 e. The van der Waals surface area contributed by atoms with Crippen LogP contribution < -0.4 is 28.7 Å². The highest BCUT2D eigenvalue weighted by atomic mass is 32.3. The SMILES string of the molecule is NCCCCCO[C@@H]1O[C@H](C(=O)O)[C@@H](O[C@H]2O[C@H](COS(=O)(=O)O)[C@@H](O[C@@H]3O[C@@H](C(=O)O)[C@@H](O[C@H]4O[C@H](COS(=O)(=O)O)[C@@H](O[C@@H]5O[C@H](C(=O)O)[C@@H](O[C@H]6O[C@H](COS(=O)(=O)O)[C@@H](O[C@@H]7O[C@@H](C(=O)O)[C@@H](O[C@H]8O[C@H](COS(=O)(=O)O)[C@@H](O)[C@H](O)[C@H]8N)[C@H](O)[C@H]7OS(=O)(=O)O)[C@H](O)[C@H]6N)[C@H](O)[C@H]5OS(=O)(=O)O)[C@H](O)[C@H]4N)[C@H](O)[C@H]3OS(=O)(=O)O)[C@H](O)[C@H]2N)[C@H](O)[C@H]1OS(=O)(=O)O. The van der Waals surface area contributed by atoms with Crippen LogP contribution in [0.1, 0.15) is 19.3 Å². The van der Waals surface area contributed by atoms with Crippen molar-refractivity contribution in [1.29, 1.82) is 0 Å². The average Bonchev–Trinajstić information content (AvgIpc) is 0.763. The van der Waals surface area contributed by atoms with Crippen molar-refractivity contribution in [2.45, 2.75) is 265 Å². The summed E-state index contributed by atoms with van der Waals surface area (Å²) < 4.78 is 394. The van der Waals surface area contributed by atoms with Crippen LogP contribution in [0.3, 0.4) is 0 Å². The second kappa shape index (κ2) is 44.8. The fourth-order valence-electron chi connectivity index (χ4n) is 13.8. The minimum absolute atomic E-state index is 0.134. The smallest absolute Gasteiger partial charge is 0.397 e.